The summed E-state index contributed by atoms with van der Waals surface area (Å²) in [6.45, 7) is 1.97. The number of hydrogen-bond donors (Lipinski definition) is 0. The smallest absolute Gasteiger partial charge is 0.0900 e. The Bertz CT molecular complexity index is 1160. The molecule has 1 aromatic carbocycles. The minimum atomic E-state index is 0.776. The summed E-state index contributed by atoms with van der Waals surface area (Å²) in [6.07, 6.45) is 1.77. The molecule has 3 heterocycles. The molecule has 0 spiro atoms. The van der Waals surface area contributed by atoms with Gasteiger partial charge in [-0.2, -0.15) is 4.99 Å². The monoisotopic (exact) mass is 380 g/mol. The molecule has 0 atom stereocenters. The third kappa shape index (κ3) is 3.91. The Kier molecular flexibility index (Phi) is 5.11. The number of aliphatic imine (C=N–C) groups is 1. The first-order valence-corrected chi connectivity index (χ1v) is 9.19. The summed E-state index contributed by atoms with van der Waals surface area (Å²) in [5, 5.41) is 2.39. The molecule has 0 saturated carbocycles. The van der Waals surface area contributed by atoms with Crippen LogP contribution in [-0.4, -0.2) is 20.1 Å². The second kappa shape index (κ2) is 8.01. The van der Waals surface area contributed by atoms with Crippen molar-refractivity contribution in [3.8, 4) is 33.9 Å². The van der Waals surface area contributed by atoms with Gasteiger partial charge in [0, 0.05) is 11.9 Å². The van der Waals surface area contributed by atoms with Gasteiger partial charge in [-0.1, -0.05) is 24.3 Å². The molecule has 0 N–H and O–H groups in total. The number of hydrogen-bond acceptors (Lipinski definition) is 5. The van der Waals surface area contributed by atoms with Crippen LogP contribution in [-0.2, 0) is 0 Å². The van der Waals surface area contributed by atoms with Crippen LogP contribution in [0.25, 0.3) is 33.9 Å². The van der Waals surface area contributed by atoms with E-state index in [4.69, 9.17) is 4.98 Å². The van der Waals surface area contributed by atoms with Crippen molar-refractivity contribution in [1.82, 2.24) is 15.0 Å². The Morgan fingerprint density at radius 3 is 2.18 bits per heavy atom. The first kappa shape index (κ1) is 17.9. The fourth-order valence-corrected chi connectivity index (χ4v) is 3.05. The zero-order valence-electron chi connectivity index (χ0n) is 15.2. The molecule has 0 aliphatic carbocycles. The molecule has 0 aliphatic rings. The molecule has 28 heavy (non-hydrogen) atoms. The van der Waals surface area contributed by atoms with Crippen molar-refractivity contribution in [3.05, 3.63) is 84.7 Å². The summed E-state index contributed by atoms with van der Waals surface area (Å²) in [6, 6.07) is 23.7. The molecule has 4 rings (SSSR count). The molecule has 0 bridgehead atoms. The number of isothiocyanates is 1. The Hall–Kier alpha value is -3.53. The van der Waals surface area contributed by atoms with E-state index < -0.39 is 0 Å². The molecule has 0 saturated heterocycles. The van der Waals surface area contributed by atoms with Crippen molar-refractivity contribution in [2.24, 2.45) is 4.99 Å². The Morgan fingerprint density at radius 2 is 1.50 bits per heavy atom. The van der Waals surface area contributed by atoms with Crippen LogP contribution < -0.4 is 0 Å². The molecule has 5 heteroatoms. The number of nitrogens with zero attached hydrogens (tertiary/aromatic N) is 4. The number of aryl methyl sites for hydroxylation is 1. The van der Waals surface area contributed by atoms with Crippen LogP contribution in [0.5, 0.6) is 0 Å². The topological polar surface area (TPSA) is 51.0 Å². The quantitative estimate of drug-likeness (QED) is 0.326. The molecule has 3 aromatic heterocycles. The van der Waals surface area contributed by atoms with Crippen LogP contribution in [0.15, 0.2) is 84.0 Å². The SMILES string of the molecule is Cc1cccc(-c2cc(-c3ccc(N=C=S)cc3)cc(-c3ccccn3)n2)n1. The number of thiocarbonyl (C=S) groups is 1. The summed E-state index contributed by atoms with van der Waals surface area (Å²) in [4.78, 5) is 17.9. The maximum Gasteiger partial charge on any atom is 0.0900 e. The van der Waals surface area contributed by atoms with Crippen LogP contribution in [0.3, 0.4) is 0 Å². The molecule has 0 fully saturated rings. The van der Waals surface area contributed by atoms with E-state index in [0.717, 1.165) is 45.3 Å². The van der Waals surface area contributed by atoms with E-state index in [9.17, 15) is 0 Å². The Balaban J connectivity index is 1.87. The summed E-state index contributed by atoms with van der Waals surface area (Å²) in [7, 11) is 0. The number of benzene rings is 1. The number of pyridine rings is 3. The van der Waals surface area contributed by atoms with Gasteiger partial charge >= 0.3 is 0 Å². The first-order valence-electron chi connectivity index (χ1n) is 8.79. The van der Waals surface area contributed by atoms with E-state index in [0.29, 0.717) is 0 Å². The number of rotatable bonds is 4. The van der Waals surface area contributed by atoms with Crippen molar-refractivity contribution in [3.63, 3.8) is 0 Å². The normalized spacial score (nSPS) is 10.3. The van der Waals surface area contributed by atoms with Gasteiger partial charge in [0.1, 0.15) is 0 Å². The van der Waals surface area contributed by atoms with Crippen LogP contribution in [0.4, 0.5) is 5.69 Å². The molecule has 4 nitrogen and oxygen atoms in total. The molecule has 0 unspecified atom stereocenters. The van der Waals surface area contributed by atoms with E-state index in [1.807, 2.05) is 79.7 Å². The first-order chi connectivity index (χ1) is 13.7. The molecule has 0 amide bonds. The van der Waals surface area contributed by atoms with E-state index >= 15 is 0 Å². The maximum atomic E-state index is 4.82. The molecule has 4 aromatic rings. The van der Waals surface area contributed by atoms with Crippen LogP contribution in [0.1, 0.15) is 5.69 Å². The molecular formula is C23H16N4S. The van der Waals surface area contributed by atoms with Gasteiger partial charge in [-0.15, -0.1) is 0 Å². The van der Waals surface area contributed by atoms with Crippen molar-refractivity contribution in [2.75, 3.05) is 0 Å². The fourth-order valence-electron chi connectivity index (χ4n) is 2.94. The largest absolute Gasteiger partial charge is 0.255 e. The lowest BCUT2D eigenvalue weighted by Gasteiger charge is -2.10. The van der Waals surface area contributed by atoms with E-state index in [1.54, 1.807) is 6.20 Å². The molecular weight excluding hydrogens is 364 g/mol. The highest BCUT2D eigenvalue weighted by molar-refractivity contribution is 7.78. The van der Waals surface area contributed by atoms with E-state index in [2.05, 4.69) is 32.3 Å². The highest BCUT2D eigenvalue weighted by Crippen LogP contribution is 2.30. The average Bonchev–Trinajstić information content (AvgIpc) is 2.75. The lowest BCUT2D eigenvalue weighted by molar-refractivity contribution is 1.17. The van der Waals surface area contributed by atoms with Gasteiger partial charge < -0.3 is 0 Å². The van der Waals surface area contributed by atoms with Crippen molar-refractivity contribution < 1.29 is 0 Å². The van der Waals surface area contributed by atoms with Gasteiger partial charge in [-0.25, -0.2) is 4.98 Å². The van der Waals surface area contributed by atoms with Gasteiger partial charge in [0.25, 0.3) is 0 Å². The third-order valence-corrected chi connectivity index (χ3v) is 4.37. The van der Waals surface area contributed by atoms with E-state index in [1.165, 1.54) is 0 Å². The lowest BCUT2D eigenvalue weighted by Crippen LogP contribution is -1.94. The summed E-state index contributed by atoms with van der Waals surface area (Å²) in [5.41, 5.74) is 7.08. The highest BCUT2D eigenvalue weighted by atomic mass is 32.1. The molecule has 0 radical (unpaired) electrons. The Labute approximate surface area is 168 Å². The van der Waals surface area contributed by atoms with Crippen LogP contribution in [0.2, 0.25) is 0 Å². The molecule has 0 aliphatic heterocycles. The fraction of sp³-hybridized carbons (Fsp3) is 0.0435. The third-order valence-electron chi connectivity index (χ3n) is 4.28. The molecule has 134 valence electrons. The number of aromatic nitrogens is 3. The minimum Gasteiger partial charge on any atom is -0.255 e. The van der Waals surface area contributed by atoms with Crippen molar-refractivity contribution >= 4 is 23.1 Å². The lowest BCUT2D eigenvalue weighted by atomic mass is 10.0. The Morgan fingerprint density at radius 1 is 0.750 bits per heavy atom. The highest BCUT2D eigenvalue weighted by Gasteiger charge is 2.10. The van der Waals surface area contributed by atoms with Crippen molar-refractivity contribution in [2.45, 2.75) is 6.92 Å². The average molecular weight is 380 g/mol. The van der Waals surface area contributed by atoms with Crippen molar-refractivity contribution in [1.29, 1.82) is 0 Å². The second-order valence-corrected chi connectivity index (χ2v) is 6.44. The zero-order valence-corrected chi connectivity index (χ0v) is 16.0. The van der Waals surface area contributed by atoms with Gasteiger partial charge in [-0.05, 0) is 78.8 Å². The predicted molar refractivity (Wildman–Crippen MR) is 116 cm³/mol. The maximum absolute atomic E-state index is 4.82. The summed E-state index contributed by atoms with van der Waals surface area (Å²) < 4.78 is 0. The van der Waals surface area contributed by atoms with Gasteiger partial charge in [0.05, 0.1) is 33.6 Å². The standard InChI is InChI=1S/C23H16N4S/c1-16-5-4-7-21(26-16)23-14-18(17-8-10-19(11-9-17)25-15-28)13-22(27-23)20-6-2-3-12-24-20/h2-14H,1H3. The van der Waals surface area contributed by atoms with Crippen LogP contribution >= 0.6 is 12.2 Å². The summed E-state index contributed by atoms with van der Waals surface area (Å²) in [5.74, 6) is 0. The second-order valence-electron chi connectivity index (χ2n) is 6.26. The zero-order chi connectivity index (χ0) is 19.3. The summed E-state index contributed by atoms with van der Waals surface area (Å²) >= 11 is 4.67. The predicted octanol–water partition coefficient (Wildman–Crippen LogP) is 5.92. The van der Waals surface area contributed by atoms with Gasteiger partial charge in [0.2, 0.25) is 0 Å². The van der Waals surface area contributed by atoms with Crippen LogP contribution in [0, 0.1) is 6.92 Å². The van der Waals surface area contributed by atoms with E-state index in [-0.39, 0.29) is 0 Å². The van der Waals surface area contributed by atoms with Gasteiger partial charge in [0.15, 0.2) is 0 Å². The minimum absolute atomic E-state index is 0.776. The van der Waals surface area contributed by atoms with Gasteiger partial charge in [-0.3, -0.25) is 9.97 Å².